The largest absolute Gasteiger partial charge is 0.494 e. The molecule has 6 nitrogen and oxygen atoms in total. The van der Waals surface area contributed by atoms with Gasteiger partial charge in [0.25, 0.3) is 5.91 Å². The van der Waals surface area contributed by atoms with E-state index in [1.54, 1.807) is 4.90 Å². The Morgan fingerprint density at radius 1 is 1.23 bits per heavy atom. The Labute approximate surface area is 186 Å². The van der Waals surface area contributed by atoms with Gasteiger partial charge in [-0.25, -0.2) is 4.98 Å². The molecule has 0 aliphatic carbocycles. The average Bonchev–Trinajstić information content (AvgIpc) is 3.41. The van der Waals surface area contributed by atoms with Crippen molar-refractivity contribution in [1.29, 1.82) is 0 Å². The highest BCUT2D eigenvalue weighted by atomic mass is 32.1. The quantitative estimate of drug-likeness (QED) is 0.475. The number of carbonyl (C=O) groups excluding carboxylic acids is 1. The molecule has 1 unspecified atom stereocenters. The number of thiazole rings is 1. The summed E-state index contributed by atoms with van der Waals surface area (Å²) in [5.41, 5.74) is 1.46. The number of benzene rings is 2. The number of ether oxygens (including phenoxy) is 3. The van der Waals surface area contributed by atoms with Crippen LogP contribution in [0.2, 0.25) is 0 Å². The van der Waals surface area contributed by atoms with E-state index in [0.717, 1.165) is 41.2 Å². The first-order valence-electron chi connectivity index (χ1n) is 10.8. The molecule has 3 aromatic rings. The van der Waals surface area contributed by atoms with Crippen molar-refractivity contribution in [3.05, 3.63) is 48.0 Å². The fourth-order valence-electron chi connectivity index (χ4n) is 3.61. The molecule has 0 N–H and O–H groups in total. The zero-order valence-electron chi connectivity index (χ0n) is 18.2. The van der Waals surface area contributed by atoms with Crippen molar-refractivity contribution in [1.82, 2.24) is 4.98 Å². The third-order valence-electron chi connectivity index (χ3n) is 5.02. The zero-order valence-corrected chi connectivity index (χ0v) is 19.0. The van der Waals surface area contributed by atoms with Crippen LogP contribution in [-0.4, -0.2) is 42.9 Å². The molecule has 1 saturated heterocycles. The first kappa shape index (κ1) is 21.6. The van der Waals surface area contributed by atoms with E-state index >= 15 is 0 Å². The van der Waals surface area contributed by atoms with E-state index in [4.69, 9.17) is 19.2 Å². The zero-order chi connectivity index (χ0) is 21.8. The van der Waals surface area contributed by atoms with Crippen LogP contribution in [0.3, 0.4) is 0 Å². The van der Waals surface area contributed by atoms with Crippen molar-refractivity contribution in [2.45, 2.75) is 45.8 Å². The Balaban J connectivity index is 1.63. The van der Waals surface area contributed by atoms with Gasteiger partial charge in [-0.3, -0.25) is 9.69 Å². The monoisotopic (exact) mass is 440 g/mol. The second kappa shape index (κ2) is 9.66. The van der Waals surface area contributed by atoms with Gasteiger partial charge in [0.15, 0.2) is 5.13 Å². The lowest BCUT2D eigenvalue weighted by molar-refractivity contribution is 0.0917. The van der Waals surface area contributed by atoms with E-state index in [0.29, 0.717) is 23.8 Å². The number of aromatic nitrogens is 1. The molecular formula is C24H28N2O4S. The Morgan fingerprint density at radius 2 is 2.00 bits per heavy atom. The van der Waals surface area contributed by atoms with Crippen LogP contribution >= 0.6 is 11.3 Å². The van der Waals surface area contributed by atoms with Gasteiger partial charge in [-0.05, 0) is 76.1 Å². The highest BCUT2D eigenvalue weighted by molar-refractivity contribution is 7.22. The maximum atomic E-state index is 13.5. The normalized spacial score (nSPS) is 16.1. The van der Waals surface area contributed by atoms with Gasteiger partial charge < -0.3 is 14.2 Å². The Hall–Kier alpha value is -2.64. The van der Waals surface area contributed by atoms with Crippen LogP contribution in [-0.2, 0) is 4.74 Å². The van der Waals surface area contributed by atoms with Crippen molar-refractivity contribution in [2.24, 2.45) is 0 Å². The van der Waals surface area contributed by atoms with E-state index in [2.05, 4.69) is 0 Å². The fraction of sp³-hybridized carbons (Fsp3) is 0.417. The minimum atomic E-state index is -0.0873. The topological polar surface area (TPSA) is 60.9 Å². The van der Waals surface area contributed by atoms with Crippen molar-refractivity contribution in [3.8, 4) is 11.5 Å². The molecule has 1 fully saturated rings. The van der Waals surface area contributed by atoms with E-state index in [1.807, 2.05) is 63.2 Å². The summed E-state index contributed by atoms with van der Waals surface area (Å²) in [5.74, 6) is 1.47. The molecule has 0 radical (unpaired) electrons. The van der Waals surface area contributed by atoms with Gasteiger partial charge in [0, 0.05) is 12.2 Å². The van der Waals surface area contributed by atoms with Crippen LogP contribution in [0.5, 0.6) is 11.5 Å². The number of rotatable bonds is 8. The highest BCUT2D eigenvalue weighted by Crippen LogP contribution is 2.33. The van der Waals surface area contributed by atoms with Gasteiger partial charge in [0.05, 0.1) is 35.6 Å². The Morgan fingerprint density at radius 3 is 2.68 bits per heavy atom. The maximum absolute atomic E-state index is 13.5. The fourth-order valence-corrected chi connectivity index (χ4v) is 4.61. The molecule has 31 heavy (non-hydrogen) atoms. The van der Waals surface area contributed by atoms with Crippen LogP contribution in [0, 0.1) is 0 Å². The predicted octanol–water partition coefficient (Wildman–Crippen LogP) is 5.31. The summed E-state index contributed by atoms with van der Waals surface area (Å²) in [5, 5.41) is 0.673. The van der Waals surface area contributed by atoms with Gasteiger partial charge in [-0.2, -0.15) is 0 Å². The maximum Gasteiger partial charge on any atom is 0.260 e. The summed E-state index contributed by atoms with van der Waals surface area (Å²) in [6.07, 6.45) is 2.08. The number of amides is 1. The summed E-state index contributed by atoms with van der Waals surface area (Å²) in [6, 6.07) is 13.1. The van der Waals surface area contributed by atoms with Crippen molar-refractivity contribution >= 4 is 32.6 Å². The Bertz CT molecular complexity index is 1030. The first-order valence-corrected chi connectivity index (χ1v) is 11.6. The number of nitrogens with zero attached hydrogens (tertiary/aromatic N) is 2. The highest BCUT2D eigenvalue weighted by Gasteiger charge is 2.27. The van der Waals surface area contributed by atoms with E-state index < -0.39 is 0 Å². The van der Waals surface area contributed by atoms with E-state index in [9.17, 15) is 4.79 Å². The summed E-state index contributed by atoms with van der Waals surface area (Å²) >= 11 is 1.50. The van der Waals surface area contributed by atoms with Crippen LogP contribution in [0.15, 0.2) is 42.5 Å². The van der Waals surface area contributed by atoms with Crippen molar-refractivity contribution in [3.63, 3.8) is 0 Å². The lowest BCUT2D eigenvalue weighted by atomic mass is 10.1. The second-order valence-electron chi connectivity index (χ2n) is 7.80. The molecular weight excluding hydrogens is 412 g/mol. The van der Waals surface area contributed by atoms with E-state index in [-0.39, 0.29) is 18.1 Å². The average molecular weight is 441 g/mol. The molecule has 1 aromatic heterocycles. The molecule has 1 aliphatic rings. The molecule has 1 aliphatic heterocycles. The number of fused-ring (bicyclic) bond motifs is 1. The third-order valence-corrected chi connectivity index (χ3v) is 6.06. The number of anilines is 1. The number of carbonyl (C=O) groups is 1. The minimum absolute atomic E-state index is 0.0264. The van der Waals surface area contributed by atoms with Crippen LogP contribution in [0.25, 0.3) is 10.2 Å². The molecule has 0 spiro atoms. The third kappa shape index (κ3) is 5.17. The van der Waals surface area contributed by atoms with Crippen LogP contribution in [0.4, 0.5) is 5.13 Å². The predicted molar refractivity (Wildman–Crippen MR) is 124 cm³/mol. The van der Waals surface area contributed by atoms with Gasteiger partial charge in [-0.15, -0.1) is 0 Å². The van der Waals surface area contributed by atoms with Gasteiger partial charge in [-0.1, -0.05) is 11.3 Å². The molecule has 0 bridgehead atoms. The summed E-state index contributed by atoms with van der Waals surface area (Å²) < 4.78 is 18.1. The first-order chi connectivity index (χ1) is 15.0. The Kier molecular flexibility index (Phi) is 6.73. The van der Waals surface area contributed by atoms with Crippen molar-refractivity contribution < 1.29 is 19.0 Å². The van der Waals surface area contributed by atoms with Crippen molar-refractivity contribution in [2.75, 3.05) is 24.7 Å². The lowest BCUT2D eigenvalue weighted by Crippen LogP contribution is -2.37. The van der Waals surface area contributed by atoms with Gasteiger partial charge in [0.2, 0.25) is 0 Å². The molecule has 0 saturated carbocycles. The summed E-state index contributed by atoms with van der Waals surface area (Å²) in [6.45, 7) is 7.75. The van der Waals surface area contributed by atoms with Gasteiger partial charge in [0.1, 0.15) is 11.5 Å². The molecule has 2 heterocycles. The number of hydrogen-bond acceptors (Lipinski definition) is 6. The molecule has 164 valence electrons. The molecule has 1 atom stereocenters. The molecule has 2 aromatic carbocycles. The van der Waals surface area contributed by atoms with Gasteiger partial charge >= 0.3 is 0 Å². The van der Waals surface area contributed by atoms with E-state index in [1.165, 1.54) is 11.3 Å². The molecule has 7 heteroatoms. The lowest BCUT2D eigenvalue weighted by Gasteiger charge is -2.23. The molecule has 4 rings (SSSR count). The molecule has 1 amide bonds. The smallest absolute Gasteiger partial charge is 0.260 e. The summed E-state index contributed by atoms with van der Waals surface area (Å²) in [7, 11) is 0. The minimum Gasteiger partial charge on any atom is -0.494 e. The SMILES string of the molecule is CCOc1ccc2nc(N(CC3CCCO3)C(=O)c3ccc(OC(C)C)cc3)sc2c1. The standard InChI is InChI=1S/C24H28N2O4S/c1-4-28-19-11-12-21-22(14-19)31-24(25-21)26(15-20-6-5-13-29-20)23(27)17-7-9-18(10-8-17)30-16(2)3/h7-12,14,16,20H,4-6,13,15H2,1-3H3. The summed E-state index contributed by atoms with van der Waals surface area (Å²) in [4.78, 5) is 20.0. The second-order valence-corrected chi connectivity index (χ2v) is 8.81. The number of hydrogen-bond donors (Lipinski definition) is 0. The van der Waals surface area contributed by atoms with Crippen LogP contribution < -0.4 is 14.4 Å². The van der Waals surface area contributed by atoms with Crippen LogP contribution in [0.1, 0.15) is 44.0 Å².